The molecular weight excluding hydrogens is 362 g/mol. The average Bonchev–Trinajstić information content (AvgIpc) is 3.26. The predicted octanol–water partition coefficient (Wildman–Crippen LogP) is 3.91. The van der Waals surface area contributed by atoms with Crippen molar-refractivity contribution in [2.45, 2.75) is 38.4 Å². The number of benzene rings is 1. The molecule has 0 atom stereocenters. The van der Waals surface area contributed by atoms with Crippen LogP contribution < -0.4 is 4.74 Å². The van der Waals surface area contributed by atoms with Crippen LogP contribution in [0, 0.1) is 20.8 Å². The van der Waals surface area contributed by atoms with Crippen molar-refractivity contribution >= 4 is 17.5 Å². The first-order valence-corrected chi connectivity index (χ1v) is 9.52. The molecule has 0 bridgehead atoms. The first kappa shape index (κ1) is 17.5. The summed E-state index contributed by atoms with van der Waals surface area (Å²) in [6.45, 7) is 6.29. The SMILES string of the molecule is Cc1ccc(OCc2nnc(SCc3cn4c(C)cc(C)nc4n3)o2)cc1. The second kappa shape index (κ2) is 7.40. The van der Waals surface area contributed by atoms with Crippen LogP contribution in [-0.4, -0.2) is 24.6 Å². The maximum atomic E-state index is 5.66. The summed E-state index contributed by atoms with van der Waals surface area (Å²) in [7, 11) is 0. The lowest BCUT2D eigenvalue weighted by Gasteiger charge is -2.02. The highest BCUT2D eigenvalue weighted by molar-refractivity contribution is 7.98. The van der Waals surface area contributed by atoms with Gasteiger partial charge in [0.2, 0.25) is 5.78 Å². The highest BCUT2D eigenvalue weighted by Gasteiger charge is 2.11. The van der Waals surface area contributed by atoms with Gasteiger partial charge in [-0.05, 0) is 39.0 Å². The smallest absolute Gasteiger partial charge is 0.277 e. The third-order valence-corrected chi connectivity index (χ3v) is 4.84. The molecule has 3 heterocycles. The van der Waals surface area contributed by atoms with E-state index in [9.17, 15) is 0 Å². The Kier molecular flexibility index (Phi) is 4.81. The van der Waals surface area contributed by atoms with E-state index in [1.165, 1.54) is 17.3 Å². The van der Waals surface area contributed by atoms with Crippen molar-refractivity contribution < 1.29 is 9.15 Å². The van der Waals surface area contributed by atoms with Crippen molar-refractivity contribution in [1.29, 1.82) is 0 Å². The summed E-state index contributed by atoms with van der Waals surface area (Å²) in [6.07, 6.45) is 1.99. The van der Waals surface area contributed by atoms with Gasteiger partial charge in [0, 0.05) is 23.3 Å². The molecule has 0 amide bonds. The molecule has 4 aromatic rings. The van der Waals surface area contributed by atoms with Crippen LogP contribution in [0.1, 0.15) is 28.5 Å². The van der Waals surface area contributed by atoms with Crippen molar-refractivity contribution in [3.63, 3.8) is 0 Å². The van der Waals surface area contributed by atoms with E-state index in [-0.39, 0.29) is 6.61 Å². The lowest BCUT2D eigenvalue weighted by atomic mass is 10.2. The first-order valence-electron chi connectivity index (χ1n) is 8.54. The molecule has 138 valence electrons. The van der Waals surface area contributed by atoms with Crippen molar-refractivity contribution in [3.05, 3.63) is 65.1 Å². The lowest BCUT2D eigenvalue weighted by Crippen LogP contribution is -1.95. The van der Waals surface area contributed by atoms with E-state index in [1.54, 1.807) is 0 Å². The number of thioether (sulfide) groups is 1. The van der Waals surface area contributed by atoms with Gasteiger partial charge in [0.1, 0.15) is 5.75 Å². The molecule has 4 rings (SSSR count). The minimum atomic E-state index is 0.243. The summed E-state index contributed by atoms with van der Waals surface area (Å²) in [5, 5.41) is 8.58. The van der Waals surface area contributed by atoms with Crippen LogP contribution in [-0.2, 0) is 12.4 Å². The molecule has 0 spiro atoms. The first-order chi connectivity index (χ1) is 13.1. The molecule has 0 radical (unpaired) electrons. The maximum absolute atomic E-state index is 5.66. The Morgan fingerprint density at radius 3 is 2.70 bits per heavy atom. The van der Waals surface area contributed by atoms with E-state index in [0.717, 1.165) is 22.8 Å². The van der Waals surface area contributed by atoms with Gasteiger partial charge in [-0.2, -0.15) is 0 Å². The van der Waals surface area contributed by atoms with E-state index < -0.39 is 0 Å². The molecule has 1 aromatic carbocycles. The largest absolute Gasteiger partial charge is 0.484 e. The predicted molar refractivity (Wildman–Crippen MR) is 102 cm³/mol. The van der Waals surface area contributed by atoms with Gasteiger partial charge in [0.15, 0.2) is 6.61 Å². The van der Waals surface area contributed by atoms with Crippen molar-refractivity contribution in [2.24, 2.45) is 0 Å². The number of aryl methyl sites for hydroxylation is 3. The van der Waals surface area contributed by atoms with Gasteiger partial charge < -0.3 is 9.15 Å². The Labute approximate surface area is 160 Å². The van der Waals surface area contributed by atoms with Gasteiger partial charge in [0.05, 0.1) is 5.69 Å². The molecule has 0 N–H and O–H groups in total. The van der Waals surface area contributed by atoms with Crippen LogP contribution in [0.3, 0.4) is 0 Å². The number of rotatable bonds is 6. The summed E-state index contributed by atoms with van der Waals surface area (Å²) in [6, 6.07) is 9.86. The summed E-state index contributed by atoms with van der Waals surface area (Å²) >= 11 is 1.44. The van der Waals surface area contributed by atoms with Gasteiger partial charge in [-0.25, -0.2) is 9.97 Å². The number of hydrogen-bond acceptors (Lipinski definition) is 7. The van der Waals surface area contributed by atoms with Gasteiger partial charge >= 0.3 is 0 Å². The van der Waals surface area contributed by atoms with Gasteiger partial charge in [-0.15, -0.1) is 10.2 Å². The number of ether oxygens (including phenoxy) is 1. The maximum Gasteiger partial charge on any atom is 0.277 e. The molecule has 8 heteroatoms. The van der Waals surface area contributed by atoms with Crippen LogP contribution in [0.2, 0.25) is 0 Å². The molecule has 27 heavy (non-hydrogen) atoms. The summed E-state index contributed by atoms with van der Waals surface area (Å²) in [4.78, 5) is 9.01. The van der Waals surface area contributed by atoms with Crippen LogP contribution in [0.25, 0.3) is 5.78 Å². The Hall–Kier alpha value is -2.87. The molecule has 0 fully saturated rings. The van der Waals surface area contributed by atoms with Gasteiger partial charge in [-0.3, -0.25) is 4.40 Å². The van der Waals surface area contributed by atoms with Crippen molar-refractivity contribution in [3.8, 4) is 5.75 Å². The van der Waals surface area contributed by atoms with Crippen molar-refractivity contribution in [2.75, 3.05) is 0 Å². The topological polar surface area (TPSA) is 78.3 Å². The van der Waals surface area contributed by atoms with Crippen molar-refractivity contribution in [1.82, 2.24) is 24.6 Å². The molecule has 0 aliphatic heterocycles. The van der Waals surface area contributed by atoms with E-state index >= 15 is 0 Å². The van der Waals surface area contributed by atoms with Crippen LogP contribution >= 0.6 is 11.8 Å². The zero-order valence-electron chi connectivity index (χ0n) is 15.3. The van der Waals surface area contributed by atoms with E-state index in [1.807, 2.05) is 61.7 Å². The monoisotopic (exact) mass is 381 g/mol. The molecule has 0 saturated carbocycles. The number of imidazole rings is 1. The van der Waals surface area contributed by atoms with Gasteiger partial charge in [-0.1, -0.05) is 29.5 Å². The normalized spacial score (nSPS) is 11.2. The number of aromatic nitrogens is 5. The van der Waals surface area contributed by atoms with Crippen LogP contribution in [0.4, 0.5) is 0 Å². The molecule has 0 aliphatic carbocycles. The summed E-state index contributed by atoms with van der Waals surface area (Å²) < 4.78 is 13.3. The Morgan fingerprint density at radius 2 is 1.89 bits per heavy atom. The Bertz CT molecular complexity index is 1070. The zero-order chi connectivity index (χ0) is 18.8. The van der Waals surface area contributed by atoms with Gasteiger partial charge in [0.25, 0.3) is 11.1 Å². The molecule has 0 unspecified atom stereocenters. The summed E-state index contributed by atoms with van der Waals surface area (Å²) in [5.74, 6) is 2.56. The molecule has 3 aromatic heterocycles. The third-order valence-electron chi connectivity index (χ3n) is 3.99. The lowest BCUT2D eigenvalue weighted by molar-refractivity contribution is 0.252. The Morgan fingerprint density at radius 1 is 1.07 bits per heavy atom. The van der Waals surface area contributed by atoms with E-state index in [4.69, 9.17) is 9.15 Å². The zero-order valence-corrected chi connectivity index (χ0v) is 16.2. The number of hydrogen-bond donors (Lipinski definition) is 0. The molecule has 0 aliphatic rings. The van der Waals surface area contributed by atoms with Crippen LogP contribution in [0.15, 0.2) is 46.2 Å². The fourth-order valence-electron chi connectivity index (χ4n) is 2.66. The highest BCUT2D eigenvalue weighted by atomic mass is 32.2. The van der Waals surface area contributed by atoms with E-state index in [0.29, 0.717) is 22.6 Å². The summed E-state index contributed by atoms with van der Waals surface area (Å²) in [5.41, 5.74) is 4.16. The third kappa shape index (κ3) is 4.11. The fourth-order valence-corrected chi connectivity index (χ4v) is 3.32. The standard InChI is InChI=1S/C19H19N5O2S/c1-12-4-6-16(7-5-12)25-10-17-22-23-19(26-17)27-11-15-9-24-14(3)8-13(2)20-18(24)21-15/h4-9H,10-11H2,1-3H3. The quantitative estimate of drug-likeness (QED) is 0.469. The minimum Gasteiger partial charge on any atom is -0.484 e. The second-order valence-corrected chi connectivity index (χ2v) is 7.22. The number of fused-ring (bicyclic) bond motifs is 1. The molecule has 7 nitrogen and oxygen atoms in total. The average molecular weight is 381 g/mol. The number of nitrogens with zero attached hydrogens (tertiary/aromatic N) is 5. The Balaban J connectivity index is 1.36. The molecular formula is C19H19N5O2S. The highest BCUT2D eigenvalue weighted by Crippen LogP contribution is 2.22. The second-order valence-electron chi connectivity index (χ2n) is 6.29. The molecule has 0 saturated heterocycles. The van der Waals surface area contributed by atoms with Crippen LogP contribution in [0.5, 0.6) is 5.75 Å². The minimum absolute atomic E-state index is 0.243. The fraction of sp³-hybridized carbons (Fsp3) is 0.263. The van der Waals surface area contributed by atoms with E-state index in [2.05, 4.69) is 20.2 Å².